The minimum atomic E-state index is 0.580. The lowest BCUT2D eigenvalue weighted by Gasteiger charge is -1.87. The molecule has 0 aliphatic carbocycles. The molecule has 0 aromatic rings. The second-order valence-corrected chi connectivity index (χ2v) is 1.20. The van der Waals surface area contributed by atoms with E-state index < -0.39 is 0 Å². The van der Waals surface area contributed by atoms with Crippen molar-refractivity contribution in [2.24, 2.45) is 0 Å². The van der Waals surface area contributed by atoms with Crippen LogP contribution in [0.3, 0.4) is 0 Å². The van der Waals surface area contributed by atoms with Gasteiger partial charge in [0.05, 0.1) is 0 Å². The smallest absolute Gasteiger partial charge is 0.173 e. The molecular weight excluding hydrogens is 65.0 g/mol. The Hall–Kier alpha value is -0.0400. The van der Waals surface area contributed by atoms with Crippen molar-refractivity contribution in [2.45, 2.75) is 19.8 Å². The van der Waals surface area contributed by atoms with E-state index in [1.165, 1.54) is 0 Å². The summed E-state index contributed by atoms with van der Waals surface area (Å²) in [7, 11) is 6.21. The van der Waals surface area contributed by atoms with E-state index in [1.807, 2.05) is 0 Å². The summed E-state index contributed by atoms with van der Waals surface area (Å²) in [6.45, 7) is 2.65. The van der Waals surface area contributed by atoms with Crippen molar-refractivity contribution < 1.29 is 4.74 Å². The first-order valence-electron chi connectivity index (χ1n) is 2.20. The molecule has 3 radical (unpaired) electrons. The topological polar surface area (TPSA) is 9.23 Å². The average molecular weight is 74.1 g/mol. The monoisotopic (exact) mass is 74.1 g/mol. The highest BCUT2D eigenvalue weighted by Gasteiger charge is 1.75. The molecule has 0 bridgehead atoms. The number of hydrogen-bond acceptors (Lipinski definition) is 1. The molecule has 0 aromatic heterocycles. The standard InChI is InChI=1S/C5H9O/c1-3-4-5-6-2/h3-5H2,1H3/i2-11. The van der Waals surface area contributed by atoms with Gasteiger partial charge in [0.25, 0.3) is 0 Å². The molecule has 0 N–H and O–H groups in total. The van der Waals surface area contributed by atoms with Crippen molar-refractivity contribution in [3.63, 3.8) is 0 Å². The summed E-state index contributed by atoms with van der Waals surface area (Å²) in [5, 5.41) is 0. The maximum Gasteiger partial charge on any atom is 0.173 e. The molecule has 0 aliphatic rings. The van der Waals surface area contributed by atoms with Crippen LogP contribution in [-0.2, 0) is 4.74 Å². The summed E-state index contributed by atoms with van der Waals surface area (Å²) in [4.78, 5) is 0. The van der Waals surface area contributed by atoms with Gasteiger partial charge in [0, 0.05) is 6.61 Å². The van der Waals surface area contributed by atoms with Crippen LogP contribution in [0.4, 0.5) is 0 Å². The van der Waals surface area contributed by atoms with Crippen LogP contribution < -0.4 is 0 Å². The van der Waals surface area contributed by atoms with Crippen molar-refractivity contribution in [1.29, 1.82) is 0 Å². The Labute approximate surface area is 39.3 Å². The highest BCUT2D eigenvalue weighted by Crippen LogP contribution is 1.84. The Morgan fingerprint density at radius 2 is 2.33 bits per heavy atom. The Kier molecular flexibility index (Phi) is 4.93. The van der Waals surface area contributed by atoms with Crippen LogP contribution in [0.15, 0.2) is 0 Å². The molecule has 0 amide bonds. The van der Waals surface area contributed by atoms with Gasteiger partial charge < -0.3 is 4.74 Å². The van der Waals surface area contributed by atoms with E-state index in [1.54, 1.807) is 0 Å². The predicted octanol–water partition coefficient (Wildman–Crippen LogP) is 1.35. The van der Waals surface area contributed by atoms with Crippen molar-refractivity contribution >= 4 is 0 Å². The molecule has 0 saturated heterocycles. The zero-order valence-corrected chi connectivity index (χ0v) is 4.03. The number of ether oxygens (including phenoxy) is 1. The van der Waals surface area contributed by atoms with E-state index in [-0.39, 0.29) is 0 Å². The number of unbranched alkanes of at least 4 members (excludes halogenated alkanes) is 1. The predicted molar refractivity (Wildman–Crippen MR) is 24.1 cm³/mol. The highest BCUT2D eigenvalue weighted by molar-refractivity contribution is 4.27. The van der Waals surface area contributed by atoms with Gasteiger partial charge in [-0.25, -0.2) is 0 Å². The maximum absolute atomic E-state index is 6.21. The van der Waals surface area contributed by atoms with Gasteiger partial charge in [0.1, 0.15) is 0 Å². The fraction of sp³-hybridized carbons (Fsp3) is 0.800. The van der Waals surface area contributed by atoms with Crippen LogP contribution >= 0.6 is 0 Å². The van der Waals surface area contributed by atoms with Crippen LogP contribution in [0.2, 0.25) is 0 Å². The van der Waals surface area contributed by atoms with E-state index in [0.717, 1.165) is 12.8 Å². The Morgan fingerprint density at radius 1 is 1.67 bits per heavy atom. The van der Waals surface area contributed by atoms with Crippen LogP contribution in [0, 0.1) is 7.11 Å². The zero-order valence-electron chi connectivity index (χ0n) is 4.03. The molecule has 0 atom stereocenters. The molecule has 0 rings (SSSR count). The number of rotatable bonds is 3. The highest BCUT2D eigenvalue weighted by atomic mass is 16.3. The molecule has 1 heteroatoms. The van der Waals surface area contributed by atoms with Crippen LogP contribution in [0.5, 0.6) is 0 Å². The summed E-state index contributed by atoms with van der Waals surface area (Å²) >= 11 is 0. The van der Waals surface area contributed by atoms with Gasteiger partial charge in [-0.2, -0.15) is 0 Å². The summed E-state index contributed by atoms with van der Waals surface area (Å²) in [6.07, 6.45) is 2.11. The van der Waals surface area contributed by atoms with Crippen LogP contribution in [0.25, 0.3) is 0 Å². The second kappa shape index (κ2) is 4.96. The van der Waals surface area contributed by atoms with Gasteiger partial charge in [0.15, 0.2) is 7.11 Å². The van der Waals surface area contributed by atoms with E-state index in [4.69, 9.17) is 7.11 Å². The van der Waals surface area contributed by atoms with Gasteiger partial charge in [0.2, 0.25) is 0 Å². The lowest BCUT2D eigenvalue weighted by atomic mass is 0.933. The van der Waals surface area contributed by atoms with Gasteiger partial charge in [-0.1, -0.05) is 13.3 Å². The van der Waals surface area contributed by atoms with Gasteiger partial charge in [-0.15, -0.1) is 0 Å². The van der Waals surface area contributed by atoms with Crippen molar-refractivity contribution in [3.8, 4) is 0 Å². The third-order valence-corrected chi connectivity index (χ3v) is 0.600. The molecule has 0 aromatic carbocycles. The van der Waals surface area contributed by atoms with E-state index in [0.29, 0.717) is 6.61 Å². The molecule has 0 spiro atoms. The third kappa shape index (κ3) is 3.96. The van der Waals surface area contributed by atoms with E-state index in [2.05, 4.69) is 11.7 Å². The second-order valence-electron chi connectivity index (χ2n) is 1.20. The molecule has 0 saturated carbocycles. The molecule has 35 valence electrons. The maximum atomic E-state index is 6.21. The quantitative estimate of drug-likeness (QED) is 0.459. The third-order valence-electron chi connectivity index (χ3n) is 0.600. The molecule has 1 nitrogen and oxygen atoms in total. The van der Waals surface area contributed by atoms with Gasteiger partial charge in [-0.05, 0) is 6.42 Å². The van der Waals surface area contributed by atoms with Crippen molar-refractivity contribution in [2.75, 3.05) is 6.61 Å². The molecule has 0 fully saturated rings. The normalized spacial score (nSPS) is 9.00. The SMILES string of the molecule is CCCCO[1C]. The molecule has 0 unspecified atom stereocenters. The minimum Gasteiger partial charge on any atom is -0.365 e. The average Bonchev–Trinajstić information content (AvgIpc) is 1.61. The fourth-order valence-electron chi connectivity index (χ4n) is 0.217. The first-order chi connectivity index (χ1) is 2.91. The van der Waals surface area contributed by atoms with E-state index >= 15 is 0 Å². The largest absolute Gasteiger partial charge is 0.365 e. The lowest BCUT2D eigenvalue weighted by Crippen LogP contribution is -1.81. The summed E-state index contributed by atoms with van der Waals surface area (Å²) in [6, 6.07) is 0. The number of hydrogen-bond donors (Lipinski definition) is 0. The molecule has 0 heterocycles. The first kappa shape index (κ1) is 5.96. The van der Waals surface area contributed by atoms with Crippen molar-refractivity contribution in [1.82, 2.24) is 0 Å². The zero-order chi connectivity index (χ0) is 4.83. The molecule has 6 heavy (non-hydrogen) atoms. The van der Waals surface area contributed by atoms with E-state index in [9.17, 15) is 0 Å². The Morgan fingerprint density at radius 3 is 2.50 bits per heavy atom. The Balaban J connectivity index is 2.34. The summed E-state index contributed by atoms with van der Waals surface area (Å²) < 4.78 is 4.03. The molecular formula is C5H9O. The summed E-state index contributed by atoms with van der Waals surface area (Å²) in [5.74, 6) is 0. The van der Waals surface area contributed by atoms with Gasteiger partial charge >= 0.3 is 0 Å². The summed E-state index contributed by atoms with van der Waals surface area (Å²) in [5.41, 5.74) is 0. The van der Waals surface area contributed by atoms with Crippen molar-refractivity contribution in [3.05, 3.63) is 7.11 Å². The van der Waals surface area contributed by atoms with Crippen LogP contribution in [0.1, 0.15) is 19.8 Å². The first-order valence-corrected chi connectivity index (χ1v) is 2.20. The minimum absolute atomic E-state index is 0.580. The Bertz CT molecular complexity index is 15.9. The van der Waals surface area contributed by atoms with Gasteiger partial charge in [-0.3, -0.25) is 0 Å². The lowest BCUT2D eigenvalue weighted by molar-refractivity contribution is 0.236. The fourth-order valence-corrected chi connectivity index (χ4v) is 0.217. The van der Waals surface area contributed by atoms with Crippen LogP contribution in [-0.4, -0.2) is 6.61 Å². The molecule has 0 aliphatic heterocycles.